The number of rotatable bonds is 3. The van der Waals surface area contributed by atoms with Crippen LogP contribution < -0.4 is 10.2 Å². The smallest absolute Gasteiger partial charge is 0.274 e. The summed E-state index contributed by atoms with van der Waals surface area (Å²) in [6.07, 6.45) is 2.34. The fourth-order valence-corrected chi connectivity index (χ4v) is 2.41. The van der Waals surface area contributed by atoms with Crippen molar-refractivity contribution in [1.82, 2.24) is 4.98 Å². The van der Waals surface area contributed by atoms with Gasteiger partial charge in [-0.1, -0.05) is 6.07 Å². The molecule has 0 radical (unpaired) electrons. The maximum Gasteiger partial charge on any atom is 0.274 e. The molecule has 5 heteroatoms. The first-order chi connectivity index (χ1) is 10.2. The molecule has 108 valence electrons. The summed E-state index contributed by atoms with van der Waals surface area (Å²) in [5.41, 5.74) is 1.03. The van der Waals surface area contributed by atoms with Crippen LogP contribution in [0.25, 0.3) is 0 Å². The third-order valence-electron chi connectivity index (χ3n) is 3.52. The molecule has 0 spiro atoms. The Hall–Kier alpha value is -2.56. The lowest BCUT2D eigenvalue weighted by Crippen LogP contribution is -2.21. The van der Waals surface area contributed by atoms with Gasteiger partial charge >= 0.3 is 0 Å². The predicted molar refractivity (Wildman–Crippen MR) is 81.7 cm³/mol. The van der Waals surface area contributed by atoms with Crippen LogP contribution in [0.1, 0.15) is 23.3 Å². The SMILES string of the molecule is O=C(Nc1ccc(O)cc1)c1cccc(N2CCCC2)n1. The molecule has 1 fully saturated rings. The van der Waals surface area contributed by atoms with Gasteiger partial charge in [-0.3, -0.25) is 4.79 Å². The summed E-state index contributed by atoms with van der Waals surface area (Å²) < 4.78 is 0. The predicted octanol–water partition coefficient (Wildman–Crippen LogP) is 2.64. The maximum atomic E-state index is 12.2. The topological polar surface area (TPSA) is 65.5 Å². The second-order valence-electron chi connectivity index (χ2n) is 5.08. The highest BCUT2D eigenvalue weighted by atomic mass is 16.3. The summed E-state index contributed by atoms with van der Waals surface area (Å²) in [5, 5.41) is 12.0. The van der Waals surface area contributed by atoms with E-state index in [0.717, 1.165) is 18.9 Å². The number of amides is 1. The van der Waals surface area contributed by atoms with Crippen molar-refractivity contribution in [3.8, 4) is 5.75 Å². The van der Waals surface area contributed by atoms with Crippen LogP contribution in [-0.2, 0) is 0 Å². The van der Waals surface area contributed by atoms with Crippen molar-refractivity contribution >= 4 is 17.4 Å². The van der Waals surface area contributed by atoms with Gasteiger partial charge in [-0.2, -0.15) is 0 Å². The third-order valence-corrected chi connectivity index (χ3v) is 3.52. The number of anilines is 2. The van der Waals surface area contributed by atoms with Gasteiger partial charge < -0.3 is 15.3 Å². The Balaban J connectivity index is 1.74. The quantitative estimate of drug-likeness (QED) is 0.850. The number of carbonyl (C=O) groups excluding carboxylic acids is 1. The van der Waals surface area contributed by atoms with E-state index in [0.29, 0.717) is 11.4 Å². The average Bonchev–Trinajstić information content (AvgIpc) is 3.04. The summed E-state index contributed by atoms with van der Waals surface area (Å²) in [5.74, 6) is 0.773. The van der Waals surface area contributed by atoms with Crippen LogP contribution in [0.4, 0.5) is 11.5 Å². The molecule has 0 bridgehead atoms. The van der Waals surface area contributed by atoms with Crippen molar-refractivity contribution in [3.63, 3.8) is 0 Å². The Morgan fingerprint density at radius 3 is 2.52 bits per heavy atom. The minimum atomic E-state index is -0.248. The fourth-order valence-electron chi connectivity index (χ4n) is 2.41. The Kier molecular flexibility index (Phi) is 3.73. The molecule has 1 saturated heterocycles. The molecule has 0 aliphatic carbocycles. The molecule has 3 rings (SSSR count). The lowest BCUT2D eigenvalue weighted by Gasteiger charge is -2.16. The maximum absolute atomic E-state index is 12.2. The lowest BCUT2D eigenvalue weighted by atomic mass is 10.2. The number of hydrogen-bond acceptors (Lipinski definition) is 4. The van der Waals surface area contributed by atoms with Crippen LogP contribution in [0, 0.1) is 0 Å². The summed E-state index contributed by atoms with van der Waals surface area (Å²) in [7, 11) is 0. The fraction of sp³-hybridized carbons (Fsp3) is 0.250. The van der Waals surface area contributed by atoms with E-state index >= 15 is 0 Å². The van der Waals surface area contributed by atoms with Gasteiger partial charge in [0.2, 0.25) is 0 Å². The Morgan fingerprint density at radius 2 is 1.81 bits per heavy atom. The molecule has 1 aliphatic rings. The number of pyridine rings is 1. The monoisotopic (exact) mass is 283 g/mol. The molecule has 1 aromatic carbocycles. The number of nitrogens with zero attached hydrogens (tertiary/aromatic N) is 2. The number of aromatic hydroxyl groups is 1. The minimum Gasteiger partial charge on any atom is -0.508 e. The zero-order valence-corrected chi connectivity index (χ0v) is 11.6. The van der Waals surface area contributed by atoms with Crippen molar-refractivity contribution in [2.45, 2.75) is 12.8 Å². The van der Waals surface area contributed by atoms with E-state index in [2.05, 4.69) is 15.2 Å². The van der Waals surface area contributed by atoms with Gasteiger partial charge in [0.25, 0.3) is 5.91 Å². The van der Waals surface area contributed by atoms with Gasteiger partial charge in [-0.05, 0) is 49.2 Å². The summed E-state index contributed by atoms with van der Waals surface area (Å²) in [4.78, 5) is 18.8. The number of nitrogens with one attached hydrogen (secondary N) is 1. The Morgan fingerprint density at radius 1 is 1.10 bits per heavy atom. The zero-order valence-electron chi connectivity index (χ0n) is 11.6. The zero-order chi connectivity index (χ0) is 14.7. The van der Waals surface area contributed by atoms with Gasteiger partial charge in [-0.15, -0.1) is 0 Å². The molecule has 0 atom stereocenters. The molecule has 2 N–H and O–H groups in total. The van der Waals surface area contributed by atoms with E-state index in [9.17, 15) is 9.90 Å². The second-order valence-corrected chi connectivity index (χ2v) is 5.08. The van der Waals surface area contributed by atoms with E-state index in [4.69, 9.17) is 0 Å². The van der Waals surface area contributed by atoms with Crippen LogP contribution >= 0.6 is 0 Å². The molecular weight excluding hydrogens is 266 g/mol. The molecule has 1 amide bonds. The van der Waals surface area contributed by atoms with Crippen LogP contribution in [0.5, 0.6) is 5.75 Å². The summed E-state index contributed by atoms with van der Waals surface area (Å²) in [6.45, 7) is 1.99. The molecule has 2 heterocycles. The summed E-state index contributed by atoms with van der Waals surface area (Å²) in [6, 6.07) is 11.9. The molecule has 2 aromatic rings. The molecular formula is C16H17N3O2. The van der Waals surface area contributed by atoms with Crippen molar-refractivity contribution in [2.24, 2.45) is 0 Å². The van der Waals surface area contributed by atoms with Crippen molar-refractivity contribution in [1.29, 1.82) is 0 Å². The normalized spacial score (nSPS) is 14.2. The number of carbonyl (C=O) groups is 1. The van der Waals surface area contributed by atoms with Gasteiger partial charge in [-0.25, -0.2) is 4.98 Å². The number of phenolic OH excluding ortho intramolecular Hbond substituents is 1. The van der Waals surface area contributed by atoms with E-state index in [1.807, 2.05) is 12.1 Å². The Labute approximate surface area is 123 Å². The minimum absolute atomic E-state index is 0.169. The molecule has 1 aromatic heterocycles. The number of phenols is 1. The van der Waals surface area contributed by atoms with Crippen LogP contribution in [-0.4, -0.2) is 29.1 Å². The molecule has 0 unspecified atom stereocenters. The highest BCUT2D eigenvalue weighted by molar-refractivity contribution is 6.03. The standard InChI is InChI=1S/C16H17N3O2/c20-13-8-6-12(7-9-13)17-16(21)14-4-3-5-15(18-14)19-10-1-2-11-19/h3-9,20H,1-2,10-11H2,(H,17,21). The first-order valence-corrected chi connectivity index (χ1v) is 7.05. The molecule has 0 saturated carbocycles. The highest BCUT2D eigenvalue weighted by Crippen LogP contribution is 2.19. The lowest BCUT2D eigenvalue weighted by molar-refractivity contribution is 0.102. The largest absolute Gasteiger partial charge is 0.508 e. The highest BCUT2D eigenvalue weighted by Gasteiger charge is 2.15. The molecule has 21 heavy (non-hydrogen) atoms. The molecule has 5 nitrogen and oxygen atoms in total. The van der Waals surface area contributed by atoms with Crippen molar-refractivity contribution in [2.75, 3.05) is 23.3 Å². The molecule has 1 aliphatic heterocycles. The number of aromatic nitrogens is 1. The summed E-state index contributed by atoms with van der Waals surface area (Å²) >= 11 is 0. The van der Waals surface area contributed by atoms with Crippen LogP contribution in [0.3, 0.4) is 0 Å². The van der Waals surface area contributed by atoms with Crippen LogP contribution in [0.15, 0.2) is 42.5 Å². The van der Waals surface area contributed by atoms with E-state index in [-0.39, 0.29) is 11.7 Å². The van der Waals surface area contributed by atoms with E-state index in [1.165, 1.54) is 25.0 Å². The number of benzene rings is 1. The van der Waals surface area contributed by atoms with Gasteiger partial charge in [0.1, 0.15) is 17.3 Å². The first-order valence-electron chi connectivity index (χ1n) is 7.05. The van der Waals surface area contributed by atoms with Gasteiger partial charge in [0.05, 0.1) is 0 Å². The van der Waals surface area contributed by atoms with Gasteiger partial charge in [0, 0.05) is 18.8 Å². The third kappa shape index (κ3) is 3.13. The average molecular weight is 283 g/mol. The van der Waals surface area contributed by atoms with E-state index < -0.39 is 0 Å². The van der Waals surface area contributed by atoms with E-state index in [1.54, 1.807) is 18.2 Å². The number of hydrogen-bond donors (Lipinski definition) is 2. The van der Waals surface area contributed by atoms with Crippen molar-refractivity contribution < 1.29 is 9.90 Å². The van der Waals surface area contributed by atoms with Gasteiger partial charge in [0.15, 0.2) is 0 Å². The Bertz CT molecular complexity index is 634. The van der Waals surface area contributed by atoms with Crippen molar-refractivity contribution in [3.05, 3.63) is 48.2 Å². The second kappa shape index (κ2) is 5.83. The first kappa shape index (κ1) is 13.4. The van der Waals surface area contributed by atoms with Crippen LogP contribution in [0.2, 0.25) is 0 Å².